The molecule has 118 valence electrons. The Hall–Kier alpha value is -0.530. The molecule has 1 fully saturated rings. The molecule has 1 aromatic carbocycles. The lowest BCUT2D eigenvalue weighted by molar-refractivity contribution is 0.198. The highest BCUT2D eigenvalue weighted by molar-refractivity contribution is 6.31. The smallest absolute Gasteiger partial charge is 0.0440 e. The van der Waals surface area contributed by atoms with Crippen LogP contribution in [0.1, 0.15) is 57.1 Å². The first-order valence-electron chi connectivity index (χ1n) is 8.62. The second-order valence-electron chi connectivity index (χ2n) is 6.71. The van der Waals surface area contributed by atoms with Crippen molar-refractivity contribution in [2.75, 3.05) is 6.54 Å². The summed E-state index contributed by atoms with van der Waals surface area (Å²) >= 11 is 6.45. The third kappa shape index (κ3) is 4.72. The highest BCUT2D eigenvalue weighted by Gasteiger charge is 2.29. The maximum atomic E-state index is 6.45. The van der Waals surface area contributed by atoms with Crippen molar-refractivity contribution in [3.05, 3.63) is 34.3 Å². The number of hydrogen-bond donors (Lipinski definition) is 1. The largest absolute Gasteiger partial charge is 0.314 e. The molecular formula is C19H30ClN. The van der Waals surface area contributed by atoms with Crippen LogP contribution in [0.4, 0.5) is 0 Å². The first kappa shape index (κ1) is 16.8. The monoisotopic (exact) mass is 307 g/mol. The van der Waals surface area contributed by atoms with Gasteiger partial charge in [-0.2, -0.15) is 0 Å². The molecule has 0 amide bonds. The first-order valence-corrected chi connectivity index (χ1v) is 9.00. The molecule has 3 unspecified atom stereocenters. The molecule has 1 aliphatic rings. The highest BCUT2D eigenvalue weighted by atomic mass is 35.5. The molecule has 1 saturated carbocycles. The average molecular weight is 308 g/mol. The summed E-state index contributed by atoms with van der Waals surface area (Å²) in [5.41, 5.74) is 2.58. The molecule has 0 saturated heterocycles. The third-order valence-corrected chi connectivity index (χ3v) is 5.37. The minimum atomic E-state index is 0.671. The average Bonchev–Trinajstić information content (AvgIpc) is 2.48. The van der Waals surface area contributed by atoms with Crippen LogP contribution in [0.2, 0.25) is 5.02 Å². The Kier molecular flexibility index (Phi) is 6.57. The van der Waals surface area contributed by atoms with Crippen LogP contribution in [-0.2, 0) is 6.42 Å². The number of hydrogen-bond acceptors (Lipinski definition) is 1. The zero-order valence-electron chi connectivity index (χ0n) is 13.8. The molecule has 1 N–H and O–H groups in total. The lowest BCUT2D eigenvalue weighted by atomic mass is 9.74. The van der Waals surface area contributed by atoms with Crippen molar-refractivity contribution < 1.29 is 0 Å². The van der Waals surface area contributed by atoms with Crippen molar-refractivity contribution in [3.8, 4) is 0 Å². The van der Waals surface area contributed by atoms with Gasteiger partial charge in [0.15, 0.2) is 0 Å². The topological polar surface area (TPSA) is 12.0 Å². The zero-order valence-corrected chi connectivity index (χ0v) is 14.5. The van der Waals surface area contributed by atoms with E-state index in [1.54, 1.807) is 0 Å². The van der Waals surface area contributed by atoms with Crippen LogP contribution in [0, 0.1) is 18.8 Å². The van der Waals surface area contributed by atoms with Crippen LogP contribution in [0.25, 0.3) is 0 Å². The number of benzene rings is 1. The van der Waals surface area contributed by atoms with E-state index in [1.807, 2.05) is 0 Å². The number of aryl methyl sites for hydroxylation is 1. The molecule has 0 radical (unpaired) electrons. The Labute approximate surface area is 135 Å². The number of halogens is 1. The minimum Gasteiger partial charge on any atom is -0.314 e. The molecule has 0 heterocycles. The molecular weight excluding hydrogens is 278 g/mol. The van der Waals surface area contributed by atoms with Crippen LogP contribution in [0.3, 0.4) is 0 Å². The summed E-state index contributed by atoms with van der Waals surface area (Å²) in [5.74, 6) is 1.63. The molecule has 1 aromatic rings. The summed E-state index contributed by atoms with van der Waals surface area (Å²) in [6.07, 6.45) is 7.71. The number of rotatable bonds is 6. The summed E-state index contributed by atoms with van der Waals surface area (Å²) in [5, 5.41) is 4.72. The molecule has 0 spiro atoms. The van der Waals surface area contributed by atoms with Gasteiger partial charge in [-0.25, -0.2) is 0 Å². The molecule has 21 heavy (non-hydrogen) atoms. The summed E-state index contributed by atoms with van der Waals surface area (Å²) in [6, 6.07) is 7.19. The Bertz CT molecular complexity index is 443. The predicted octanol–water partition coefficient (Wildman–Crippen LogP) is 5.39. The van der Waals surface area contributed by atoms with E-state index in [-0.39, 0.29) is 0 Å². The maximum Gasteiger partial charge on any atom is 0.0440 e. The fraction of sp³-hybridized carbons (Fsp3) is 0.684. The van der Waals surface area contributed by atoms with E-state index < -0.39 is 0 Å². The van der Waals surface area contributed by atoms with Gasteiger partial charge in [-0.1, -0.05) is 44.0 Å². The Morgan fingerprint density at radius 2 is 2.05 bits per heavy atom. The summed E-state index contributed by atoms with van der Waals surface area (Å²) < 4.78 is 0. The molecule has 1 nitrogen and oxygen atoms in total. The highest BCUT2D eigenvalue weighted by Crippen LogP contribution is 2.34. The second-order valence-corrected chi connectivity index (χ2v) is 7.11. The van der Waals surface area contributed by atoms with Gasteiger partial charge in [0.2, 0.25) is 0 Å². The van der Waals surface area contributed by atoms with Crippen LogP contribution < -0.4 is 5.32 Å². The SMILES string of the molecule is CCCNC1CCC(CC)CC1Cc1ccc(C)cc1Cl. The van der Waals surface area contributed by atoms with Gasteiger partial charge >= 0.3 is 0 Å². The van der Waals surface area contributed by atoms with Gasteiger partial charge in [-0.15, -0.1) is 0 Å². The van der Waals surface area contributed by atoms with Crippen molar-refractivity contribution in [2.45, 2.75) is 65.3 Å². The van der Waals surface area contributed by atoms with Gasteiger partial charge in [0.05, 0.1) is 0 Å². The van der Waals surface area contributed by atoms with E-state index in [0.29, 0.717) is 6.04 Å². The predicted molar refractivity (Wildman–Crippen MR) is 93.1 cm³/mol. The quantitative estimate of drug-likeness (QED) is 0.743. The van der Waals surface area contributed by atoms with Gasteiger partial charge in [0, 0.05) is 11.1 Å². The molecule has 0 aliphatic heterocycles. The fourth-order valence-corrected chi connectivity index (χ4v) is 3.97. The van der Waals surface area contributed by atoms with Crippen molar-refractivity contribution >= 4 is 11.6 Å². The minimum absolute atomic E-state index is 0.671. The third-order valence-electron chi connectivity index (χ3n) is 5.02. The van der Waals surface area contributed by atoms with E-state index >= 15 is 0 Å². The van der Waals surface area contributed by atoms with Crippen LogP contribution in [0.5, 0.6) is 0 Å². The van der Waals surface area contributed by atoms with Crippen molar-refractivity contribution in [1.82, 2.24) is 5.32 Å². The lowest BCUT2D eigenvalue weighted by Crippen LogP contribution is -2.42. The summed E-state index contributed by atoms with van der Waals surface area (Å²) in [4.78, 5) is 0. The van der Waals surface area contributed by atoms with E-state index in [9.17, 15) is 0 Å². The van der Waals surface area contributed by atoms with Crippen LogP contribution in [-0.4, -0.2) is 12.6 Å². The van der Waals surface area contributed by atoms with E-state index in [1.165, 1.54) is 43.2 Å². The Morgan fingerprint density at radius 3 is 2.71 bits per heavy atom. The maximum absolute atomic E-state index is 6.45. The van der Waals surface area contributed by atoms with Gasteiger partial charge < -0.3 is 5.32 Å². The zero-order chi connectivity index (χ0) is 15.2. The summed E-state index contributed by atoms with van der Waals surface area (Å²) in [6.45, 7) is 7.82. The second kappa shape index (κ2) is 8.19. The van der Waals surface area contributed by atoms with Gasteiger partial charge in [0.1, 0.15) is 0 Å². The molecule has 0 bridgehead atoms. The van der Waals surface area contributed by atoms with Crippen molar-refractivity contribution in [3.63, 3.8) is 0 Å². The van der Waals surface area contributed by atoms with Gasteiger partial charge in [-0.3, -0.25) is 0 Å². The van der Waals surface area contributed by atoms with Crippen molar-refractivity contribution in [2.24, 2.45) is 11.8 Å². The van der Waals surface area contributed by atoms with Crippen LogP contribution in [0.15, 0.2) is 18.2 Å². The Morgan fingerprint density at radius 1 is 1.24 bits per heavy atom. The van der Waals surface area contributed by atoms with Gasteiger partial charge in [0.25, 0.3) is 0 Å². The van der Waals surface area contributed by atoms with Crippen LogP contribution >= 0.6 is 11.6 Å². The molecule has 3 atom stereocenters. The van der Waals surface area contributed by atoms with Gasteiger partial charge in [-0.05, 0) is 74.6 Å². The summed E-state index contributed by atoms with van der Waals surface area (Å²) in [7, 11) is 0. The molecule has 0 aromatic heterocycles. The molecule has 2 rings (SSSR count). The molecule has 1 aliphatic carbocycles. The van der Waals surface area contributed by atoms with E-state index in [0.717, 1.165) is 29.8 Å². The normalized spacial score (nSPS) is 26.0. The standard InChI is InChI=1S/C19H30ClN/c1-4-10-21-19-9-7-15(5-2)12-17(19)13-16-8-6-14(3)11-18(16)20/h6,8,11,15,17,19,21H,4-5,7,9-10,12-13H2,1-3H3. The van der Waals surface area contributed by atoms with Crippen molar-refractivity contribution in [1.29, 1.82) is 0 Å². The molecule has 2 heteroatoms. The Balaban J connectivity index is 2.07. The van der Waals surface area contributed by atoms with E-state index in [2.05, 4.69) is 44.3 Å². The van der Waals surface area contributed by atoms with E-state index in [4.69, 9.17) is 11.6 Å². The number of nitrogens with one attached hydrogen (secondary N) is 1. The lowest BCUT2D eigenvalue weighted by Gasteiger charge is -2.37. The fourth-order valence-electron chi connectivity index (χ4n) is 3.66. The first-order chi connectivity index (χ1) is 10.1.